The predicted molar refractivity (Wildman–Crippen MR) is 105 cm³/mol. The number of carbonyl (C=O) groups is 2. The van der Waals surface area contributed by atoms with Crippen LogP contribution in [0.4, 0.5) is 0 Å². The van der Waals surface area contributed by atoms with Gasteiger partial charge in [-0.1, -0.05) is 13.8 Å². The third-order valence-corrected chi connectivity index (χ3v) is 5.23. The molecule has 1 N–H and O–H groups in total. The first-order valence-electron chi connectivity index (χ1n) is 9.88. The second kappa shape index (κ2) is 10.2. The first-order valence-corrected chi connectivity index (χ1v) is 9.88. The number of amides is 2. The lowest BCUT2D eigenvalue weighted by molar-refractivity contribution is -0.137. The van der Waals surface area contributed by atoms with E-state index < -0.39 is 6.10 Å². The second-order valence-electron chi connectivity index (χ2n) is 7.06. The molecular formula is C21H32N2O4. The molecule has 1 aromatic rings. The zero-order chi connectivity index (χ0) is 19.8. The molecule has 6 heteroatoms. The van der Waals surface area contributed by atoms with Crippen molar-refractivity contribution >= 4 is 11.8 Å². The van der Waals surface area contributed by atoms with E-state index in [1.807, 2.05) is 4.90 Å². The highest BCUT2D eigenvalue weighted by Crippen LogP contribution is 2.19. The van der Waals surface area contributed by atoms with Gasteiger partial charge in [-0.25, -0.2) is 0 Å². The smallest absolute Gasteiger partial charge is 0.260 e. The molecule has 0 radical (unpaired) electrons. The average molecular weight is 376 g/mol. The highest BCUT2D eigenvalue weighted by Gasteiger charge is 2.28. The molecule has 27 heavy (non-hydrogen) atoms. The van der Waals surface area contributed by atoms with E-state index in [4.69, 9.17) is 9.47 Å². The number of nitrogens with one attached hydrogen (secondary N) is 1. The number of likely N-dealkylation sites (tertiary alicyclic amines) is 1. The Bertz CT molecular complexity index is 605. The molecule has 1 heterocycles. The third kappa shape index (κ3) is 5.88. The van der Waals surface area contributed by atoms with Gasteiger partial charge in [0.2, 0.25) is 5.91 Å². The van der Waals surface area contributed by atoms with Gasteiger partial charge in [-0.3, -0.25) is 9.59 Å². The fraction of sp³-hybridized carbons (Fsp3) is 0.619. The molecular weight excluding hydrogens is 344 g/mol. The summed E-state index contributed by atoms with van der Waals surface area (Å²) in [6.07, 6.45) is 2.75. The molecule has 1 atom stereocenters. The molecule has 1 aliphatic heterocycles. The number of carbonyl (C=O) groups excluding carboxylic acids is 2. The Balaban J connectivity index is 1.78. The van der Waals surface area contributed by atoms with E-state index in [-0.39, 0.29) is 23.8 Å². The summed E-state index contributed by atoms with van der Waals surface area (Å²) in [6.45, 7) is 7.26. The number of hydrogen-bond donors (Lipinski definition) is 1. The van der Waals surface area contributed by atoms with E-state index in [1.165, 1.54) is 0 Å². The standard InChI is InChI=1S/C21H32N2O4/c1-5-16(6-2)21(25)23-13-11-17(12-14-23)22-20(24)15(3)27-19-9-7-18(26-4)8-10-19/h7-10,15-17H,5-6,11-14H2,1-4H3,(H,22,24). The van der Waals surface area contributed by atoms with Crippen LogP contribution in [0.15, 0.2) is 24.3 Å². The van der Waals surface area contributed by atoms with Crippen LogP contribution in [0.2, 0.25) is 0 Å². The van der Waals surface area contributed by atoms with Crippen molar-refractivity contribution in [3.8, 4) is 11.5 Å². The topological polar surface area (TPSA) is 67.9 Å². The van der Waals surface area contributed by atoms with Crippen molar-refractivity contribution in [2.45, 2.75) is 58.6 Å². The Morgan fingerprint density at radius 2 is 1.67 bits per heavy atom. The molecule has 1 fully saturated rings. The van der Waals surface area contributed by atoms with E-state index in [2.05, 4.69) is 19.2 Å². The minimum absolute atomic E-state index is 0.0881. The van der Waals surface area contributed by atoms with E-state index in [0.717, 1.165) is 31.4 Å². The summed E-state index contributed by atoms with van der Waals surface area (Å²) in [6, 6.07) is 7.25. The van der Waals surface area contributed by atoms with Crippen molar-refractivity contribution in [3.05, 3.63) is 24.3 Å². The monoisotopic (exact) mass is 376 g/mol. The first kappa shape index (κ1) is 21.1. The fourth-order valence-corrected chi connectivity index (χ4v) is 3.37. The van der Waals surface area contributed by atoms with Crippen LogP contribution in [0.3, 0.4) is 0 Å². The van der Waals surface area contributed by atoms with E-state index >= 15 is 0 Å². The number of hydrogen-bond acceptors (Lipinski definition) is 4. The summed E-state index contributed by atoms with van der Waals surface area (Å²) in [5.74, 6) is 1.61. The summed E-state index contributed by atoms with van der Waals surface area (Å²) in [5.41, 5.74) is 0. The van der Waals surface area contributed by atoms with E-state index in [1.54, 1.807) is 38.3 Å². The predicted octanol–water partition coefficient (Wildman–Crippen LogP) is 3.01. The van der Waals surface area contributed by atoms with Crippen LogP contribution < -0.4 is 14.8 Å². The molecule has 1 saturated heterocycles. The Morgan fingerprint density at radius 3 is 2.19 bits per heavy atom. The molecule has 0 aromatic heterocycles. The maximum atomic E-state index is 12.5. The van der Waals surface area contributed by atoms with Crippen molar-refractivity contribution in [1.82, 2.24) is 10.2 Å². The van der Waals surface area contributed by atoms with Gasteiger partial charge in [0.25, 0.3) is 5.91 Å². The summed E-state index contributed by atoms with van der Waals surface area (Å²) < 4.78 is 10.8. The Hall–Kier alpha value is -2.24. The van der Waals surface area contributed by atoms with Gasteiger partial charge in [-0.15, -0.1) is 0 Å². The number of nitrogens with zero attached hydrogens (tertiary/aromatic N) is 1. The first-order chi connectivity index (χ1) is 13.0. The van der Waals surface area contributed by atoms with Gasteiger partial charge in [0, 0.05) is 25.0 Å². The molecule has 2 rings (SSSR count). The molecule has 0 aliphatic carbocycles. The van der Waals surface area contributed by atoms with Gasteiger partial charge >= 0.3 is 0 Å². The van der Waals surface area contributed by atoms with Gasteiger partial charge in [0.1, 0.15) is 11.5 Å². The zero-order valence-electron chi connectivity index (χ0n) is 16.9. The maximum Gasteiger partial charge on any atom is 0.260 e. The Kier molecular flexibility index (Phi) is 7.95. The molecule has 1 aromatic carbocycles. The molecule has 6 nitrogen and oxygen atoms in total. The van der Waals surface area contributed by atoms with Crippen LogP contribution >= 0.6 is 0 Å². The summed E-state index contributed by atoms with van der Waals surface area (Å²) in [7, 11) is 1.61. The number of piperidine rings is 1. The van der Waals surface area contributed by atoms with Crippen LogP contribution in [0.5, 0.6) is 11.5 Å². The summed E-state index contributed by atoms with van der Waals surface area (Å²) in [5, 5.41) is 3.05. The summed E-state index contributed by atoms with van der Waals surface area (Å²) in [4.78, 5) is 26.8. The minimum Gasteiger partial charge on any atom is -0.497 e. The average Bonchev–Trinajstić information content (AvgIpc) is 2.70. The maximum absolute atomic E-state index is 12.5. The lowest BCUT2D eigenvalue weighted by atomic mass is 9.98. The molecule has 1 aliphatic rings. The molecule has 150 valence electrons. The van der Waals surface area contributed by atoms with Crippen LogP contribution in [0.25, 0.3) is 0 Å². The van der Waals surface area contributed by atoms with Crippen LogP contribution in [0.1, 0.15) is 46.5 Å². The van der Waals surface area contributed by atoms with Gasteiger partial charge < -0.3 is 19.7 Å². The normalized spacial score (nSPS) is 16.1. The van der Waals surface area contributed by atoms with Crippen molar-refractivity contribution < 1.29 is 19.1 Å². The van der Waals surface area contributed by atoms with Crippen LogP contribution in [-0.2, 0) is 9.59 Å². The van der Waals surface area contributed by atoms with Gasteiger partial charge in [-0.05, 0) is 56.9 Å². The lowest BCUT2D eigenvalue weighted by Crippen LogP contribution is -2.50. The molecule has 2 amide bonds. The van der Waals surface area contributed by atoms with E-state index in [9.17, 15) is 9.59 Å². The quantitative estimate of drug-likeness (QED) is 0.757. The lowest BCUT2D eigenvalue weighted by Gasteiger charge is -2.34. The Labute approximate surface area is 162 Å². The zero-order valence-corrected chi connectivity index (χ0v) is 16.9. The number of ether oxygens (including phenoxy) is 2. The van der Waals surface area contributed by atoms with Crippen molar-refractivity contribution in [3.63, 3.8) is 0 Å². The summed E-state index contributed by atoms with van der Waals surface area (Å²) >= 11 is 0. The van der Waals surface area contributed by atoms with Gasteiger partial charge in [0.05, 0.1) is 7.11 Å². The number of rotatable bonds is 8. The van der Waals surface area contributed by atoms with Crippen molar-refractivity contribution in [2.24, 2.45) is 5.92 Å². The van der Waals surface area contributed by atoms with Gasteiger partial charge in [-0.2, -0.15) is 0 Å². The SMILES string of the molecule is CCC(CC)C(=O)N1CCC(NC(=O)C(C)Oc2ccc(OC)cc2)CC1. The highest BCUT2D eigenvalue weighted by molar-refractivity contribution is 5.81. The number of methoxy groups -OCH3 is 1. The van der Waals surface area contributed by atoms with E-state index in [0.29, 0.717) is 18.8 Å². The largest absolute Gasteiger partial charge is 0.497 e. The van der Waals surface area contributed by atoms with Crippen molar-refractivity contribution in [1.29, 1.82) is 0 Å². The molecule has 1 unspecified atom stereocenters. The molecule has 0 saturated carbocycles. The highest BCUT2D eigenvalue weighted by atomic mass is 16.5. The van der Waals surface area contributed by atoms with Crippen LogP contribution in [-0.4, -0.2) is 49.1 Å². The molecule has 0 spiro atoms. The second-order valence-corrected chi connectivity index (χ2v) is 7.06. The third-order valence-electron chi connectivity index (χ3n) is 5.23. The van der Waals surface area contributed by atoms with Crippen LogP contribution in [0, 0.1) is 5.92 Å². The van der Waals surface area contributed by atoms with Crippen molar-refractivity contribution in [2.75, 3.05) is 20.2 Å². The molecule has 0 bridgehead atoms. The van der Waals surface area contributed by atoms with Gasteiger partial charge in [0.15, 0.2) is 6.10 Å². The fourth-order valence-electron chi connectivity index (χ4n) is 3.37. The Morgan fingerprint density at radius 1 is 1.11 bits per heavy atom. The number of benzene rings is 1. The minimum atomic E-state index is -0.581.